The molecule has 0 amide bonds. The van der Waals surface area contributed by atoms with Gasteiger partial charge in [0.2, 0.25) is 10.0 Å². The number of nitrogens with zero attached hydrogens (tertiary/aromatic N) is 1. The Morgan fingerprint density at radius 2 is 2.11 bits per heavy atom. The van der Waals surface area contributed by atoms with E-state index in [-0.39, 0.29) is 10.9 Å². The van der Waals surface area contributed by atoms with Crippen LogP contribution in [0.3, 0.4) is 0 Å². The molecule has 0 heterocycles. The molecule has 106 valence electrons. The van der Waals surface area contributed by atoms with Crippen LogP contribution in [-0.2, 0) is 16.6 Å². The number of benzene rings is 1. The Morgan fingerprint density at radius 1 is 1.42 bits per heavy atom. The summed E-state index contributed by atoms with van der Waals surface area (Å²) >= 11 is 0. The average Bonchev–Trinajstić information content (AvgIpc) is 3.21. The molecule has 1 N–H and O–H groups in total. The fourth-order valence-corrected chi connectivity index (χ4v) is 3.44. The van der Waals surface area contributed by atoms with Crippen molar-refractivity contribution in [2.24, 2.45) is 0 Å². The fourth-order valence-electron chi connectivity index (χ4n) is 1.91. The SMILES string of the molecule is CCNCc1ccc(F)c(S(=O)(=O)N(C)C2CC2)c1. The van der Waals surface area contributed by atoms with Crippen molar-refractivity contribution in [1.82, 2.24) is 9.62 Å². The van der Waals surface area contributed by atoms with Gasteiger partial charge in [0, 0.05) is 19.6 Å². The second-order valence-corrected chi connectivity index (χ2v) is 6.76. The lowest BCUT2D eigenvalue weighted by molar-refractivity contribution is 0.457. The van der Waals surface area contributed by atoms with E-state index in [0.717, 1.165) is 24.9 Å². The Labute approximate surface area is 113 Å². The highest BCUT2D eigenvalue weighted by Gasteiger charge is 2.36. The number of halogens is 1. The molecule has 0 atom stereocenters. The maximum atomic E-state index is 13.8. The number of rotatable bonds is 6. The van der Waals surface area contributed by atoms with Crippen LogP contribution < -0.4 is 5.32 Å². The summed E-state index contributed by atoms with van der Waals surface area (Å²) in [6.45, 7) is 3.27. The topological polar surface area (TPSA) is 49.4 Å². The lowest BCUT2D eigenvalue weighted by atomic mass is 10.2. The van der Waals surface area contributed by atoms with E-state index in [4.69, 9.17) is 0 Å². The highest BCUT2D eigenvalue weighted by molar-refractivity contribution is 7.89. The zero-order chi connectivity index (χ0) is 14.0. The van der Waals surface area contributed by atoms with Gasteiger partial charge in [0.25, 0.3) is 0 Å². The van der Waals surface area contributed by atoms with Crippen molar-refractivity contribution in [2.75, 3.05) is 13.6 Å². The molecule has 0 spiro atoms. The van der Waals surface area contributed by atoms with E-state index in [1.807, 2.05) is 6.92 Å². The van der Waals surface area contributed by atoms with Gasteiger partial charge in [0.05, 0.1) is 0 Å². The minimum atomic E-state index is -3.72. The van der Waals surface area contributed by atoms with Crippen molar-refractivity contribution < 1.29 is 12.8 Å². The molecular formula is C13H19FN2O2S. The van der Waals surface area contributed by atoms with Crippen molar-refractivity contribution in [3.05, 3.63) is 29.6 Å². The summed E-state index contributed by atoms with van der Waals surface area (Å²) in [4.78, 5) is -0.225. The lowest BCUT2D eigenvalue weighted by Gasteiger charge is -2.17. The van der Waals surface area contributed by atoms with Crippen molar-refractivity contribution in [1.29, 1.82) is 0 Å². The quantitative estimate of drug-likeness (QED) is 0.866. The molecule has 1 aromatic rings. The number of nitrogens with one attached hydrogen (secondary N) is 1. The molecule has 19 heavy (non-hydrogen) atoms. The normalized spacial score (nSPS) is 16.0. The summed E-state index contributed by atoms with van der Waals surface area (Å²) in [7, 11) is -2.21. The van der Waals surface area contributed by atoms with E-state index < -0.39 is 15.8 Å². The van der Waals surface area contributed by atoms with Gasteiger partial charge in [-0.25, -0.2) is 12.8 Å². The Hall–Kier alpha value is -0.980. The van der Waals surface area contributed by atoms with Gasteiger partial charge in [-0.05, 0) is 37.1 Å². The summed E-state index contributed by atoms with van der Waals surface area (Å²) < 4.78 is 39.7. The average molecular weight is 286 g/mol. The smallest absolute Gasteiger partial charge is 0.245 e. The lowest BCUT2D eigenvalue weighted by Crippen LogP contribution is -2.29. The van der Waals surface area contributed by atoms with Gasteiger partial charge in [-0.1, -0.05) is 13.0 Å². The van der Waals surface area contributed by atoms with E-state index in [1.165, 1.54) is 23.5 Å². The Bertz CT molecular complexity index is 556. The van der Waals surface area contributed by atoms with Crippen LogP contribution >= 0.6 is 0 Å². The number of hydrogen-bond acceptors (Lipinski definition) is 3. The molecule has 4 nitrogen and oxygen atoms in total. The van der Waals surface area contributed by atoms with Crippen molar-refractivity contribution in [3.8, 4) is 0 Å². The Kier molecular flexibility index (Phi) is 4.23. The van der Waals surface area contributed by atoms with Gasteiger partial charge in [0.1, 0.15) is 10.7 Å². The van der Waals surface area contributed by atoms with Gasteiger partial charge < -0.3 is 5.32 Å². The van der Waals surface area contributed by atoms with E-state index in [0.29, 0.717) is 6.54 Å². The molecule has 6 heteroatoms. The monoisotopic (exact) mass is 286 g/mol. The first-order chi connectivity index (χ1) is 8.96. The van der Waals surface area contributed by atoms with E-state index in [2.05, 4.69) is 5.32 Å². The summed E-state index contributed by atoms with van der Waals surface area (Å²) in [6, 6.07) is 4.28. The molecule has 0 aliphatic heterocycles. The molecule has 1 fully saturated rings. The summed E-state index contributed by atoms with van der Waals surface area (Å²) in [5.41, 5.74) is 0.769. The summed E-state index contributed by atoms with van der Waals surface area (Å²) in [5.74, 6) is -0.687. The first-order valence-corrected chi connectivity index (χ1v) is 7.88. The summed E-state index contributed by atoms with van der Waals surface area (Å²) in [6.07, 6.45) is 1.71. The van der Waals surface area contributed by atoms with Crippen LogP contribution in [0.5, 0.6) is 0 Å². The van der Waals surface area contributed by atoms with E-state index in [9.17, 15) is 12.8 Å². The zero-order valence-electron chi connectivity index (χ0n) is 11.2. The van der Waals surface area contributed by atoms with Gasteiger partial charge >= 0.3 is 0 Å². The first kappa shape index (κ1) is 14.4. The largest absolute Gasteiger partial charge is 0.313 e. The summed E-state index contributed by atoms with van der Waals surface area (Å²) in [5, 5.41) is 3.10. The molecule has 1 aromatic carbocycles. The molecule has 0 unspecified atom stereocenters. The number of hydrogen-bond donors (Lipinski definition) is 1. The van der Waals surface area contributed by atoms with E-state index in [1.54, 1.807) is 6.07 Å². The van der Waals surface area contributed by atoms with Gasteiger partial charge in [-0.3, -0.25) is 0 Å². The maximum absolute atomic E-state index is 13.8. The van der Waals surface area contributed by atoms with Crippen molar-refractivity contribution >= 4 is 10.0 Å². The molecule has 0 saturated heterocycles. The predicted octanol–water partition coefficient (Wildman–Crippen LogP) is 1.72. The third-order valence-electron chi connectivity index (χ3n) is 3.29. The molecule has 0 radical (unpaired) electrons. The van der Waals surface area contributed by atoms with Crippen molar-refractivity contribution in [2.45, 2.75) is 37.2 Å². The van der Waals surface area contributed by atoms with Crippen LogP contribution in [-0.4, -0.2) is 32.4 Å². The molecule has 0 bridgehead atoms. The van der Waals surface area contributed by atoms with Crippen LogP contribution in [0.2, 0.25) is 0 Å². The van der Waals surface area contributed by atoms with Crippen molar-refractivity contribution in [3.63, 3.8) is 0 Å². The third-order valence-corrected chi connectivity index (χ3v) is 5.22. The van der Waals surface area contributed by atoms with Gasteiger partial charge in [0.15, 0.2) is 0 Å². The second-order valence-electron chi connectivity index (χ2n) is 4.80. The van der Waals surface area contributed by atoms with Crippen LogP contribution in [0.1, 0.15) is 25.3 Å². The second kappa shape index (κ2) is 5.56. The minimum Gasteiger partial charge on any atom is -0.313 e. The zero-order valence-corrected chi connectivity index (χ0v) is 12.0. The molecule has 2 rings (SSSR count). The van der Waals surface area contributed by atoms with Crippen LogP contribution in [0.4, 0.5) is 4.39 Å². The Morgan fingerprint density at radius 3 is 2.68 bits per heavy atom. The highest BCUT2D eigenvalue weighted by atomic mass is 32.2. The molecule has 0 aromatic heterocycles. The molecule has 1 saturated carbocycles. The first-order valence-electron chi connectivity index (χ1n) is 6.44. The predicted molar refractivity (Wildman–Crippen MR) is 71.8 cm³/mol. The molecule has 1 aliphatic rings. The van der Waals surface area contributed by atoms with Crippen LogP contribution in [0.25, 0.3) is 0 Å². The fraction of sp³-hybridized carbons (Fsp3) is 0.538. The third kappa shape index (κ3) is 3.13. The van der Waals surface area contributed by atoms with Crippen LogP contribution in [0, 0.1) is 5.82 Å². The van der Waals surface area contributed by atoms with Gasteiger partial charge in [-0.2, -0.15) is 4.31 Å². The number of sulfonamides is 1. The van der Waals surface area contributed by atoms with Crippen LogP contribution in [0.15, 0.2) is 23.1 Å². The van der Waals surface area contributed by atoms with Gasteiger partial charge in [-0.15, -0.1) is 0 Å². The maximum Gasteiger partial charge on any atom is 0.245 e. The minimum absolute atomic E-state index is 0.0295. The molecule has 1 aliphatic carbocycles. The highest BCUT2D eigenvalue weighted by Crippen LogP contribution is 2.31. The standard InChI is InChI=1S/C13H19FN2O2S/c1-3-15-9-10-4-7-12(14)13(8-10)19(17,18)16(2)11-5-6-11/h4,7-8,11,15H,3,5-6,9H2,1-2H3. The van der Waals surface area contributed by atoms with E-state index >= 15 is 0 Å². The molecular weight excluding hydrogens is 267 g/mol. The Balaban J connectivity index is 2.31.